The van der Waals surface area contributed by atoms with Gasteiger partial charge in [0.05, 0.1) is 6.61 Å². The van der Waals surface area contributed by atoms with E-state index >= 15 is 0 Å². The van der Waals surface area contributed by atoms with Crippen molar-refractivity contribution in [1.82, 2.24) is 4.90 Å². The smallest absolute Gasteiger partial charge is 0.325 e. The molecule has 0 aliphatic heterocycles. The molecular weight excluding hydrogens is 266 g/mol. The fourth-order valence-corrected chi connectivity index (χ4v) is 2.16. The van der Waals surface area contributed by atoms with Gasteiger partial charge in [-0.15, -0.1) is 6.58 Å². The Balaban J connectivity index is 3.90. The Kier molecular flexibility index (Phi) is 12.8. The molecule has 0 rings (SSSR count). The zero-order valence-electron chi connectivity index (χ0n) is 13.7. The lowest BCUT2D eigenvalue weighted by atomic mass is 10.1. The van der Waals surface area contributed by atoms with Gasteiger partial charge in [0.25, 0.3) is 0 Å². The van der Waals surface area contributed by atoms with Crippen molar-refractivity contribution in [3.63, 3.8) is 0 Å². The highest BCUT2D eigenvalue weighted by atomic mass is 16.5. The summed E-state index contributed by atoms with van der Waals surface area (Å²) < 4.78 is 4.88. The van der Waals surface area contributed by atoms with Gasteiger partial charge in [0, 0.05) is 13.0 Å². The summed E-state index contributed by atoms with van der Waals surface area (Å²) in [4.78, 5) is 25.1. The van der Waals surface area contributed by atoms with Crippen molar-refractivity contribution in [2.24, 2.45) is 0 Å². The van der Waals surface area contributed by atoms with Gasteiger partial charge in [-0.25, -0.2) is 0 Å². The fourth-order valence-electron chi connectivity index (χ4n) is 2.16. The van der Waals surface area contributed by atoms with Crippen molar-refractivity contribution in [3.05, 3.63) is 12.7 Å². The van der Waals surface area contributed by atoms with Gasteiger partial charge in [0.2, 0.25) is 5.91 Å². The maximum atomic E-state index is 12.1. The Labute approximate surface area is 129 Å². The lowest BCUT2D eigenvalue weighted by Crippen LogP contribution is -2.36. The molecule has 0 aromatic carbocycles. The van der Waals surface area contributed by atoms with E-state index in [1.165, 1.54) is 37.0 Å². The number of unbranched alkanes of at least 4 members (excludes halogenated alkanes) is 6. The van der Waals surface area contributed by atoms with Crippen molar-refractivity contribution >= 4 is 11.9 Å². The Hall–Kier alpha value is -1.32. The molecule has 1 amide bonds. The Bertz CT molecular complexity index is 302. The van der Waals surface area contributed by atoms with Crippen molar-refractivity contribution < 1.29 is 14.3 Å². The maximum absolute atomic E-state index is 12.1. The van der Waals surface area contributed by atoms with Gasteiger partial charge in [-0.3, -0.25) is 9.59 Å². The number of esters is 1. The van der Waals surface area contributed by atoms with Crippen LogP contribution in [-0.2, 0) is 14.3 Å². The van der Waals surface area contributed by atoms with Crippen LogP contribution in [0.5, 0.6) is 0 Å². The molecule has 0 radical (unpaired) electrons. The van der Waals surface area contributed by atoms with Crippen LogP contribution in [0.1, 0.15) is 65.2 Å². The molecule has 0 aliphatic carbocycles. The van der Waals surface area contributed by atoms with Crippen LogP contribution < -0.4 is 0 Å². The molecule has 4 nitrogen and oxygen atoms in total. The number of rotatable bonds is 13. The minimum Gasteiger partial charge on any atom is -0.465 e. The van der Waals surface area contributed by atoms with Gasteiger partial charge in [0.1, 0.15) is 6.54 Å². The van der Waals surface area contributed by atoms with E-state index in [0.717, 1.165) is 12.8 Å². The summed E-state index contributed by atoms with van der Waals surface area (Å²) in [6.45, 7) is 8.35. The molecule has 122 valence electrons. The number of ether oxygens (including phenoxy) is 1. The quantitative estimate of drug-likeness (QED) is 0.296. The topological polar surface area (TPSA) is 46.6 Å². The fraction of sp³-hybridized carbons (Fsp3) is 0.765. The van der Waals surface area contributed by atoms with E-state index < -0.39 is 0 Å². The summed E-state index contributed by atoms with van der Waals surface area (Å²) in [5, 5.41) is 0. The second-order valence-corrected chi connectivity index (χ2v) is 5.24. The van der Waals surface area contributed by atoms with E-state index in [1.54, 1.807) is 13.0 Å². The second kappa shape index (κ2) is 13.7. The zero-order chi connectivity index (χ0) is 15.9. The first-order valence-electron chi connectivity index (χ1n) is 8.19. The summed E-state index contributed by atoms with van der Waals surface area (Å²) in [7, 11) is 0. The van der Waals surface area contributed by atoms with E-state index in [9.17, 15) is 9.59 Å². The first-order chi connectivity index (χ1) is 10.2. The SMILES string of the molecule is C=CCN(CC(=O)OCC)C(=O)CCCCCCCCC. The minimum absolute atomic E-state index is 0.0107. The molecule has 0 heterocycles. The molecule has 0 fully saturated rings. The molecule has 0 aliphatic rings. The predicted octanol–water partition coefficient (Wildman–Crippen LogP) is 3.70. The highest BCUT2D eigenvalue weighted by Crippen LogP contribution is 2.09. The van der Waals surface area contributed by atoms with E-state index in [2.05, 4.69) is 13.5 Å². The first-order valence-corrected chi connectivity index (χ1v) is 8.19. The first kappa shape index (κ1) is 19.7. The average Bonchev–Trinajstić information content (AvgIpc) is 2.46. The highest BCUT2D eigenvalue weighted by Gasteiger charge is 2.16. The van der Waals surface area contributed by atoms with Crippen LogP contribution in [0.3, 0.4) is 0 Å². The van der Waals surface area contributed by atoms with Gasteiger partial charge in [-0.2, -0.15) is 0 Å². The third kappa shape index (κ3) is 11.1. The number of nitrogens with zero attached hydrogens (tertiary/aromatic N) is 1. The Morgan fingerprint density at radius 1 is 1.05 bits per heavy atom. The van der Waals surface area contributed by atoms with E-state index in [4.69, 9.17) is 4.74 Å². The molecule has 4 heteroatoms. The second-order valence-electron chi connectivity index (χ2n) is 5.24. The van der Waals surface area contributed by atoms with Crippen LogP contribution >= 0.6 is 0 Å². The van der Waals surface area contributed by atoms with Crippen molar-refractivity contribution in [3.8, 4) is 0 Å². The van der Waals surface area contributed by atoms with Crippen molar-refractivity contribution in [2.75, 3.05) is 19.7 Å². The molecule has 0 unspecified atom stereocenters. The Morgan fingerprint density at radius 2 is 1.67 bits per heavy atom. The summed E-state index contributed by atoms with van der Waals surface area (Å²) in [5.74, 6) is -0.344. The molecule has 0 atom stereocenters. The zero-order valence-corrected chi connectivity index (χ0v) is 13.7. The summed E-state index contributed by atoms with van der Waals surface area (Å²) in [6.07, 6.45) is 10.4. The standard InChI is InChI=1S/C17H31NO3/c1-4-7-8-9-10-11-12-13-16(19)18(14-5-2)15-17(20)21-6-3/h5H,2,4,6-15H2,1,3H3. The van der Waals surface area contributed by atoms with Gasteiger partial charge in [0.15, 0.2) is 0 Å². The number of carbonyl (C=O) groups is 2. The third-order valence-electron chi connectivity index (χ3n) is 3.32. The Morgan fingerprint density at radius 3 is 2.24 bits per heavy atom. The summed E-state index contributed by atoms with van der Waals surface area (Å²) in [5.41, 5.74) is 0. The van der Waals surface area contributed by atoms with Crippen LogP contribution in [0.4, 0.5) is 0 Å². The van der Waals surface area contributed by atoms with Gasteiger partial charge in [-0.1, -0.05) is 51.5 Å². The third-order valence-corrected chi connectivity index (χ3v) is 3.32. The molecule has 0 aromatic rings. The number of carbonyl (C=O) groups excluding carboxylic acids is 2. The van der Waals surface area contributed by atoms with Crippen LogP contribution in [-0.4, -0.2) is 36.5 Å². The summed E-state index contributed by atoms with van der Waals surface area (Å²) in [6, 6.07) is 0. The van der Waals surface area contributed by atoms with Gasteiger partial charge < -0.3 is 9.64 Å². The van der Waals surface area contributed by atoms with Crippen LogP contribution in [0.25, 0.3) is 0 Å². The number of hydrogen-bond acceptors (Lipinski definition) is 3. The minimum atomic E-state index is -0.354. The molecular formula is C17H31NO3. The largest absolute Gasteiger partial charge is 0.465 e. The molecule has 21 heavy (non-hydrogen) atoms. The molecule has 0 spiro atoms. The lowest BCUT2D eigenvalue weighted by Gasteiger charge is -2.20. The van der Waals surface area contributed by atoms with Crippen LogP contribution in [0, 0.1) is 0 Å². The molecule has 0 saturated heterocycles. The van der Waals surface area contributed by atoms with Gasteiger partial charge >= 0.3 is 5.97 Å². The predicted molar refractivity (Wildman–Crippen MR) is 86.0 cm³/mol. The van der Waals surface area contributed by atoms with Crippen LogP contribution in [0.15, 0.2) is 12.7 Å². The molecule has 0 N–H and O–H groups in total. The van der Waals surface area contributed by atoms with E-state index in [0.29, 0.717) is 19.6 Å². The highest BCUT2D eigenvalue weighted by molar-refractivity contribution is 5.82. The molecule has 0 bridgehead atoms. The average molecular weight is 297 g/mol. The molecule has 0 saturated carbocycles. The van der Waals surface area contributed by atoms with Crippen LogP contribution in [0.2, 0.25) is 0 Å². The van der Waals surface area contributed by atoms with Gasteiger partial charge in [-0.05, 0) is 13.3 Å². The number of amides is 1. The molecule has 0 aromatic heterocycles. The normalized spacial score (nSPS) is 10.2. The lowest BCUT2D eigenvalue weighted by molar-refractivity contribution is -0.148. The van der Waals surface area contributed by atoms with Crippen molar-refractivity contribution in [1.29, 1.82) is 0 Å². The summed E-state index contributed by atoms with van der Waals surface area (Å²) >= 11 is 0. The number of hydrogen-bond donors (Lipinski definition) is 0. The van der Waals surface area contributed by atoms with E-state index in [-0.39, 0.29) is 18.4 Å². The monoisotopic (exact) mass is 297 g/mol. The van der Waals surface area contributed by atoms with E-state index in [1.807, 2.05) is 0 Å². The maximum Gasteiger partial charge on any atom is 0.325 e. The van der Waals surface area contributed by atoms with Crippen molar-refractivity contribution in [2.45, 2.75) is 65.2 Å².